The maximum absolute atomic E-state index is 13.4. The standard InChI is InChI=1S/C28H40N4O6S/c1-18(2)29-28(35)30-23-9-12-25-22(13-23)14-27(34)32(21(5)17-33)15-20(4)26(38-25)16-31(6)39(36,37)24-10-7-19(3)8-11-24/h7-13,18,20-21,26,33H,14-17H2,1-6H3,(H2,29,30,35)/t20-,21-,26+/m0/s1. The number of benzene rings is 2. The number of amides is 3. The molecule has 0 radical (unpaired) electrons. The van der Waals surface area contributed by atoms with Crippen LogP contribution in [0.1, 0.15) is 38.8 Å². The molecule has 0 saturated carbocycles. The van der Waals surface area contributed by atoms with E-state index in [0.717, 1.165) is 5.56 Å². The molecule has 0 bridgehead atoms. The molecule has 39 heavy (non-hydrogen) atoms. The Morgan fingerprint density at radius 1 is 1.18 bits per heavy atom. The number of likely N-dealkylation sites (N-methyl/N-ethyl adjacent to an activating group) is 1. The van der Waals surface area contributed by atoms with Crippen molar-refractivity contribution < 1.29 is 27.9 Å². The monoisotopic (exact) mass is 560 g/mol. The topological polar surface area (TPSA) is 128 Å². The number of aliphatic hydroxyl groups excluding tert-OH is 1. The summed E-state index contributed by atoms with van der Waals surface area (Å²) in [6, 6.07) is 10.9. The van der Waals surface area contributed by atoms with E-state index < -0.39 is 22.2 Å². The molecule has 214 valence electrons. The van der Waals surface area contributed by atoms with Crippen LogP contribution in [0.2, 0.25) is 0 Å². The molecule has 3 atom stereocenters. The molecule has 0 aromatic heterocycles. The van der Waals surface area contributed by atoms with Crippen LogP contribution in [0.5, 0.6) is 5.75 Å². The molecular weight excluding hydrogens is 520 g/mol. The van der Waals surface area contributed by atoms with Crippen LogP contribution in [0.25, 0.3) is 0 Å². The minimum atomic E-state index is -3.78. The summed E-state index contributed by atoms with van der Waals surface area (Å²) in [7, 11) is -2.27. The summed E-state index contributed by atoms with van der Waals surface area (Å²) in [5.74, 6) is -0.0212. The molecule has 2 aromatic carbocycles. The number of hydrogen-bond donors (Lipinski definition) is 3. The first-order valence-electron chi connectivity index (χ1n) is 13.1. The number of ether oxygens (including phenoxy) is 1. The molecule has 0 aliphatic carbocycles. The molecule has 0 fully saturated rings. The fraction of sp³-hybridized carbons (Fsp3) is 0.500. The van der Waals surface area contributed by atoms with Crippen molar-refractivity contribution in [1.82, 2.24) is 14.5 Å². The lowest BCUT2D eigenvalue weighted by Crippen LogP contribution is -2.48. The van der Waals surface area contributed by atoms with Crippen LogP contribution in [0, 0.1) is 12.8 Å². The quantitative estimate of drug-likeness (QED) is 0.455. The molecule has 1 heterocycles. The Kier molecular flexibility index (Phi) is 9.98. The lowest BCUT2D eigenvalue weighted by atomic mass is 10.0. The van der Waals surface area contributed by atoms with Crippen molar-refractivity contribution in [2.75, 3.05) is 32.1 Å². The summed E-state index contributed by atoms with van der Waals surface area (Å²) in [5.41, 5.74) is 2.01. The van der Waals surface area contributed by atoms with Crippen LogP contribution >= 0.6 is 0 Å². The number of nitrogens with one attached hydrogen (secondary N) is 2. The number of nitrogens with zero attached hydrogens (tertiary/aromatic N) is 2. The number of anilines is 1. The highest BCUT2D eigenvalue weighted by Crippen LogP contribution is 2.30. The Balaban J connectivity index is 1.95. The third kappa shape index (κ3) is 7.71. The number of sulfonamides is 1. The van der Waals surface area contributed by atoms with E-state index in [1.165, 1.54) is 11.4 Å². The molecule has 11 heteroatoms. The van der Waals surface area contributed by atoms with Gasteiger partial charge in [0.2, 0.25) is 15.9 Å². The van der Waals surface area contributed by atoms with Crippen molar-refractivity contribution in [3.63, 3.8) is 0 Å². The van der Waals surface area contributed by atoms with E-state index in [2.05, 4.69) is 10.6 Å². The first-order valence-corrected chi connectivity index (χ1v) is 14.6. The van der Waals surface area contributed by atoms with Crippen LogP contribution in [-0.2, 0) is 21.2 Å². The Morgan fingerprint density at radius 3 is 2.46 bits per heavy atom. The third-order valence-corrected chi connectivity index (χ3v) is 8.60. The molecular formula is C28H40N4O6S. The van der Waals surface area contributed by atoms with Crippen molar-refractivity contribution in [2.45, 2.75) is 64.1 Å². The van der Waals surface area contributed by atoms with Crippen LogP contribution in [-0.4, -0.2) is 79.6 Å². The van der Waals surface area contributed by atoms with Gasteiger partial charge >= 0.3 is 6.03 Å². The minimum Gasteiger partial charge on any atom is -0.488 e. The van der Waals surface area contributed by atoms with E-state index in [-0.39, 0.29) is 54.9 Å². The van der Waals surface area contributed by atoms with Crippen LogP contribution in [0.4, 0.5) is 10.5 Å². The lowest BCUT2D eigenvalue weighted by Gasteiger charge is -2.33. The van der Waals surface area contributed by atoms with E-state index in [1.807, 2.05) is 27.7 Å². The molecule has 1 aliphatic heterocycles. The number of carbonyl (C=O) groups is 2. The van der Waals surface area contributed by atoms with Gasteiger partial charge in [-0.2, -0.15) is 4.31 Å². The largest absolute Gasteiger partial charge is 0.488 e. The van der Waals surface area contributed by atoms with Crippen molar-refractivity contribution in [3.8, 4) is 5.75 Å². The maximum atomic E-state index is 13.4. The summed E-state index contributed by atoms with van der Waals surface area (Å²) < 4.78 is 34.3. The summed E-state index contributed by atoms with van der Waals surface area (Å²) in [6.45, 7) is 9.37. The number of aryl methyl sites for hydroxylation is 1. The minimum absolute atomic E-state index is 0.00205. The SMILES string of the molecule is Cc1ccc(S(=O)(=O)N(C)C[C@H]2Oc3ccc(NC(=O)NC(C)C)cc3CC(=O)N([C@@H](C)CO)C[C@@H]2C)cc1. The zero-order chi connectivity index (χ0) is 28.9. The normalized spacial score (nSPS) is 19.0. The maximum Gasteiger partial charge on any atom is 0.319 e. The summed E-state index contributed by atoms with van der Waals surface area (Å²) >= 11 is 0. The first kappa shape index (κ1) is 30.4. The Labute approximate surface area is 231 Å². The van der Waals surface area contributed by atoms with Crippen LogP contribution in [0.15, 0.2) is 47.4 Å². The number of urea groups is 1. The van der Waals surface area contributed by atoms with Gasteiger partial charge in [0.1, 0.15) is 11.9 Å². The van der Waals surface area contributed by atoms with E-state index in [1.54, 1.807) is 54.3 Å². The summed E-state index contributed by atoms with van der Waals surface area (Å²) in [6.07, 6.45) is -0.603. The van der Waals surface area contributed by atoms with Crippen molar-refractivity contribution in [2.24, 2.45) is 5.92 Å². The average molecular weight is 561 g/mol. The first-order chi connectivity index (χ1) is 18.3. The molecule has 3 N–H and O–H groups in total. The van der Waals surface area contributed by atoms with Gasteiger partial charge in [-0.1, -0.05) is 24.6 Å². The second-order valence-electron chi connectivity index (χ2n) is 10.6. The average Bonchev–Trinajstić information content (AvgIpc) is 2.91. The molecule has 3 rings (SSSR count). The summed E-state index contributed by atoms with van der Waals surface area (Å²) in [4.78, 5) is 27.4. The predicted molar refractivity (Wildman–Crippen MR) is 150 cm³/mol. The number of fused-ring (bicyclic) bond motifs is 1. The van der Waals surface area contributed by atoms with Crippen molar-refractivity contribution >= 4 is 27.6 Å². The molecule has 3 amide bonds. The zero-order valence-corrected chi connectivity index (χ0v) is 24.3. The number of hydrogen-bond acceptors (Lipinski definition) is 6. The Bertz CT molecular complexity index is 1270. The lowest BCUT2D eigenvalue weighted by molar-refractivity contribution is -0.134. The Morgan fingerprint density at radius 2 is 1.85 bits per heavy atom. The number of carbonyl (C=O) groups excluding carboxylic acids is 2. The molecule has 10 nitrogen and oxygen atoms in total. The molecule has 0 spiro atoms. The second kappa shape index (κ2) is 12.8. The van der Waals surface area contributed by atoms with Crippen LogP contribution < -0.4 is 15.4 Å². The van der Waals surface area contributed by atoms with E-state index in [9.17, 15) is 23.1 Å². The molecule has 2 aromatic rings. The fourth-order valence-corrected chi connectivity index (χ4v) is 5.58. The summed E-state index contributed by atoms with van der Waals surface area (Å²) in [5, 5.41) is 15.4. The van der Waals surface area contributed by atoms with Crippen LogP contribution in [0.3, 0.4) is 0 Å². The highest BCUT2D eigenvalue weighted by molar-refractivity contribution is 7.89. The molecule has 0 saturated heterocycles. The van der Waals surface area contributed by atoms with E-state index in [0.29, 0.717) is 17.0 Å². The highest BCUT2D eigenvalue weighted by Gasteiger charge is 2.33. The molecule has 0 unspecified atom stereocenters. The number of rotatable bonds is 8. The smallest absolute Gasteiger partial charge is 0.319 e. The van der Waals surface area contributed by atoms with E-state index >= 15 is 0 Å². The third-order valence-electron chi connectivity index (χ3n) is 6.76. The van der Waals surface area contributed by atoms with Crippen molar-refractivity contribution in [3.05, 3.63) is 53.6 Å². The van der Waals surface area contributed by atoms with Gasteiger partial charge in [-0.25, -0.2) is 13.2 Å². The number of aliphatic hydroxyl groups is 1. The van der Waals surface area contributed by atoms with Gasteiger partial charge in [0.25, 0.3) is 0 Å². The fourth-order valence-electron chi connectivity index (χ4n) is 4.40. The van der Waals surface area contributed by atoms with E-state index in [4.69, 9.17) is 4.74 Å². The van der Waals surface area contributed by atoms with Crippen molar-refractivity contribution in [1.29, 1.82) is 0 Å². The van der Waals surface area contributed by atoms with Gasteiger partial charge in [0, 0.05) is 36.8 Å². The van der Waals surface area contributed by atoms with Gasteiger partial charge in [0.05, 0.1) is 30.5 Å². The highest BCUT2D eigenvalue weighted by atomic mass is 32.2. The Hall–Kier alpha value is -3.15. The van der Waals surface area contributed by atoms with Gasteiger partial charge in [-0.15, -0.1) is 0 Å². The van der Waals surface area contributed by atoms with Gasteiger partial charge in [-0.3, -0.25) is 4.79 Å². The van der Waals surface area contributed by atoms with Gasteiger partial charge in [-0.05, 0) is 58.0 Å². The zero-order valence-electron chi connectivity index (χ0n) is 23.5. The second-order valence-corrected chi connectivity index (χ2v) is 12.6. The van der Waals surface area contributed by atoms with Gasteiger partial charge < -0.3 is 25.4 Å². The predicted octanol–water partition coefficient (Wildman–Crippen LogP) is 2.99. The van der Waals surface area contributed by atoms with Gasteiger partial charge in [0.15, 0.2) is 0 Å². The molecule has 1 aliphatic rings.